The average molecular weight is 202 g/mol. The van der Waals surface area contributed by atoms with E-state index in [4.69, 9.17) is 9.84 Å². The van der Waals surface area contributed by atoms with E-state index in [2.05, 4.69) is 0 Å². The first-order valence-corrected chi connectivity index (χ1v) is 4.89. The van der Waals surface area contributed by atoms with Crippen molar-refractivity contribution >= 4 is 5.91 Å². The predicted octanol–water partition coefficient (Wildman–Crippen LogP) is -1.23. The van der Waals surface area contributed by atoms with Crippen molar-refractivity contribution in [3.8, 4) is 0 Å². The van der Waals surface area contributed by atoms with Crippen molar-refractivity contribution in [2.75, 3.05) is 53.0 Å². The molecule has 0 aromatic rings. The first-order valence-electron chi connectivity index (χ1n) is 4.89. The van der Waals surface area contributed by atoms with Crippen molar-refractivity contribution in [1.82, 2.24) is 9.80 Å². The zero-order chi connectivity index (χ0) is 10.4. The van der Waals surface area contributed by atoms with Crippen LogP contribution < -0.4 is 0 Å². The molecule has 0 bridgehead atoms. The van der Waals surface area contributed by atoms with Crippen LogP contribution >= 0.6 is 0 Å². The summed E-state index contributed by atoms with van der Waals surface area (Å²) in [5, 5.41) is 8.67. The van der Waals surface area contributed by atoms with Crippen molar-refractivity contribution in [2.45, 2.75) is 0 Å². The summed E-state index contributed by atoms with van der Waals surface area (Å²) in [5.74, 6) is 0.115. The van der Waals surface area contributed by atoms with Gasteiger partial charge in [0, 0.05) is 19.6 Å². The van der Waals surface area contributed by atoms with Crippen LogP contribution in [0.2, 0.25) is 0 Å². The minimum absolute atomic E-state index is 0.0902. The van der Waals surface area contributed by atoms with Gasteiger partial charge in [0.05, 0.1) is 26.4 Å². The molecule has 5 nitrogen and oxygen atoms in total. The third-order valence-electron chi connectivity index (χ3n) is 2.25. The molecular weight excluding hydrogens is 184 g/mol. The molecule has 1 rings (SSSR count). The highest BCUT2D eigenvalue weighted by Gasteiger charge is 2.17. The van der Waals surface area contributed by atoms with Crippen LogP contribution in [0.25, 0.3) is 0 Å². The maximum Gasteiger partial charge on any atom is 0.236 e. The van der Waals surface area contributed by atoms with E-state index in [9.17, 15) is 4.79 Å². The van der Waals surface area contributed by atoms with Gasteiger partial charge in [0.1, 0.15) is 0 Å². The van der Waals surface area contributed by atoms with Gasteiger partial charge in [0.2, 0.25) is 5.91 Å². The molecule has 1 N–H and O–H groups in total. The van der Waals surface area contributed by atoms with E-state index in [1.807, 2.05) is 11.9 Å². The molecule has 14 heavy (non-hydrogen) atoms. The number of likely N-dealkylation sites (N-methyl/N-ethyl adjacent to an activating group) is 1. The van der Waals surface area contributed by atoms with Crippen LogP contribution in [0.15, 0.2) is 0 Å². The summed E-state index contributed by atoms with van der Waals surface area (Å²) < 4.78 is 5.15. The summed E-state index contributed by atoms with van der Waals surface area (Å²) in [4.78, 5) is 15.3. The molecular formula is C9H18N2O3. The number of hydrogen-bond donors (Lipinski definition) is 1. The van der Waals surface area contributed by atoms with E-state index in [0.29, 0.717) is 39.4 Å². The molecule has 0 unspecified atom stereocenters. The van der Waals surface area contributed by atoms with Crippen LogP contribution in [0.4, 0.5) is 0 Å². The lowest BCUT2D eigenvalue weighted by atomic mass is 10.4. The summed E-state index contributed by atoms with van der Waals surface area (Å²) in [7, 11) is 1.83. The predicted molar refractivity (Wildman–Crippen MR) is 52.0 cm³/mol. The van der Waals surface area contributed by atoms with E-state index < -0.39 is 0 Å². The van der Waals surface area contributed by atoms with Gasteiger partial charge < -0.3 is 14.7 Å². The first kappa shape index (κ1) is 11.4. The fourth-order valence-corrected chi connectivity index (χ4v) is 1.39. The van der Waals surface area contributed by atoms with Gasteiger partial charge in [-0.15, -0.1) is 0 Å². The Morgan fingerprint density at radius 2 is 2.14 bits per heavy atom. The number of aliphatic hydroxyl groups excluding tert-OH is 1. The molecule has 0 saturated carbocycles. The third kappa shape index (κ3) is 3.61. The summed E-state index contributed by atoms with van der Waals surface area (Å²) in [6.07, 6.45) is 0. The first-order chi connectivity index (χ1) is 6.74. The summed E-state index contributed by atoms with van der Waals surface area (Å²) >= 11 is 0. The highest BCUT2D eigenvalue weighted by molar-refractivity contribution is 5.78. The van der Waals surface area contributed by atoms with Gasteiger partial charge in [-0.25, -0.2) is 0 Å². The SMILES string of the molecule is CN(CCO)CC(=O)N1CCOCC1. The molecule has 1 saturated heterocycles. The summed E-state index contributed by atoms with van der Waals surface area (Å²) in [5.41, 5.74) is 0. The number of morpholine rings is 1. The molecule has 0 aromatic heterocycles. The van der Waals surface area contributed by atoms with Gasteiger partial charge in [-0.1, -0.05) is 0 Å². The lowest BCUT2D eigenvalue weighted by Gasteiger charge is -2.28. The third-order valence-corrected chi connectivity index (χ3v) is 2.25. The number of carbonyl (C=O) groups is 1. The highest BCUT2D eigenvalue weighted by atomic mass is 16.5. The highest BCUT2D eigenvalue weighted by Crippen LogP contribution is 1.98. The monoisotopic (exact) mass is 202 g/mol. The van der Waals surface area contributed by atoms with Gasteiger partial charge in [0.15, 0.2) is 0 Å². The Hall–Kier alpha value is -0.650. The fourth-order valence-electron chi connectivity index (χ4n) is 1.39. The maximum absolute atomic E-state index is 11.6. The number of nitrogens with zero attached hydrogens (tertiary/aromatic N) is 2. The second-order valence-corrected chi connectivity index (χ2v) is 3.45. The van der Waals surface area contributed by atoms with Gasteiger partial charge in [-0.2, -0.15) is 0 Å². The molecule has 0 spiro atoms. The van der Waals surface area contributed by atoms with Gasteiger partial charge in [-0.05, 0) is 7.05 Å². The molecule has 1 fully saturated rings. The lowest BCUT2D eigenvalue weighted by Crippen LogP contribution is -2.45. The number of aliphatic hydroxyl groups is 1. The van der Waals surface area contributed by atoms with E-state index in [1.54, 1.807) is 4.90 Å². The van der Waals surface area contributed by atoms with E-state index >= 15 is 0 Å². The Bertz CT molecular complexity index is 181. The fraction of sp³-hybridized carbons (Fsp3) is 0.889. The number of amides is 1. The molecule has 0 aromatic carbocycles. The summed E-state index contributed by atoms with van der Waals surface area (Å²) in [6.45, 7) is 3.64. The molecule has 1 heterocycles. The normalized spacial score (nSPS) is 17.5. The van der Waals surface area contributed by atoms with Crippen LogP contribution in [-0.4, -0.2) is 73.9 Å². The lowest BCUT2D eigenvalue weighted by molar-refractivity contribution is -0.136. The smallest absolute Gasteiger partial charge is 0.236 e. The maximum atomic E-state index is 11.6. The number of hydrogen-bond acceptors (Lipinski definition) is 4. The van der Waals surface area contributed by atoms with Crippen LogP contribution in [0.1, 0.15) is 0 Å². The Kier molecular flexibility index (Phi) is 4.86. The molecule has 1 aliphatic rings. The Balaban J connectivity index is 2.25. The second-order valence-electron chi connectivity index (χ2n) is 3.45. The minimum atomic E-state index is 0.0902. The Morgan fingerprint density at radius 1 is 1.50 bits per heavy atom. The molecule has 0 radical (unpaired) electrons. The average Bonchev–Trinajstić information content (AvgIpc) is 2.19. The standard InChI is InChI=1S/C9H18N2O3/c1-10(2-5-12)8-9(13)11-3-6-14-7-4-11/h12H,2-8H2,1H3. The van der Waals surface area contributed by atoms with Gasteiger partial charge in [0.25, 0.3) is 0 Å². The van der Waals surface area contributed by atoms with Gasteiger partial charge >= 0.3 is 0 Å². The Labute approximate surface area is 84.2 Å². The molecule has 1 aliphatic heterocycles. The van der Waals surface area contributed by atoms with Crippen molar-refractivity contribution in [1.29, 1.82) is 0 Å². The second kappa shape index (κ2) is 5.95. The molecule has 5 heteroatoms. The van der Waals surface area contributed by atoms with Crippen LogP contribution in [-0.2, 0) is 9.53 Å². The number of carbonyl (C=O) groups excluding carboxylic acids is 1. The van der Waals surface area contributed by atoms with Crippen LogP contribution in [0.3, 0.4) is 0 Å². The largest absolute Gasteiger partial charge is 0.395 e. The molecule has 0 aliphatic carbocycles. The van der Waals surface area contributed by atoms with Gasteiger partial charge in [-0.3, -0.25) is 9.69 Å². The summed E-state index contributed by atoms with van der Waals surface area (Å²) in [6, 6.07) is 0. The van der Waals surface area contributed by atoms with Crippen molar-refractivity contribution in [3.05, 3.63) is 0 Å². The van der Waals surface area contributed by atoms with E-state index in [-0.39, 0.29) is 12.5 Å². The molecule has 1 amide bonds. The zero-order valence-corrected chi connectivity index (χ0v) is 8.61. The topological polar surface area (TPSA) is 53.0 Å². The quantitative estimate of drug-likeness (QED) is 0.620. The molecule has 82 valence electrons. The van der Waals surface area contributed by atoms with Crippen LogP contribution in [0, 0.1) is 0 Å². The zero-order valence-electron chi connectivity index (χ0n) is 8.61. The van der Waals surface area contributed by atoms with E-state index in [1.165, 1.54) is 0 Å². The number of ether oxygens (including phenoxy) is 1. The van der Waals surface area contributed by atoms with Crippen molar-refractivity contribution in [3.63, 3.8) is 0 Å². The van der Waals surface area contributed by atoms with Crippen molar-refractivity contribution in [2.24, 2.45) is 0 Å². The molecule has 0 atom stereocenters. The Morgan fingerprint density at radius 3 is 2.71 bits per heavy atom. The van der Waals surface area contributed by atoms with E-state index in [0.717, 1.165) is 0 Å². The van der Waals surface area contributed by atoms with Crippen molar-refractivity contribution < 1.29 is 14.6 Å². The van der Waals surface area contributed by atoms with Crippen LogP contribution in [0.5, 0.6) is 0 Å². The number of rotatable bonds is 4. The minimum Gasteiger partial charge on any atom is -0.395 e.